The van der Waals surface area contributed by atoms with Gasteiger partial charge in [0.25, 0.3) is 6.43 Å². The zero-order valence-corrected chi connectivity index (χ0v) is 14.8. The van der Waals surface area contributed by atoms with Gasteiger partial charge in [0.05, 0.1) is 11.3 Å². The summed E-state index contributed by atoms with van der Waals surface area (Å²) in [4.78, 5) is 25.7. The minimum absolute atomic E-state index is 0.0146. The van der Waals surface area contributed by atoms with Crippen molar-refractivity contribution in [1.29, 1.82) is 0 Å². The second kappa shape index (κ2) is 7.23. The van der Waals surface area contributed by atoms with Crippen LogP contribution in [0.15, 0.2) is 18.5 Å². The molecule has 4 rings (SSSR count). The van der Waals surface area contributed by atoms with Gasteiger partial charge in [-0.3, -0.25) is 5.32 Å². The number of amides is 1. The zero-order chi connectivity index (χ0) is 19.8. The van der Waals surface area contributed by atoms with Crippen LogP contribution in [0.4, 0.5) is 29.6 Å². The number of fused-ring (bicyclic) bond motifs is 1. The Morgan fingerprint density at radius 1 is 1.32 bits per heavy atom. The number of piperazine rings is 1. The van der Waals surface area contributed by atoms with E-state index in [4.69, 9.17) is 4.74 Å². The van der Waals surface area contributed by atoms with Crippen LogP contribution >= 0.6 is 0 Å². The lowest BCUT2D eigenvalue weighted by molar-refractivity contribution is -0.0170. The fourth-order valence-corrected chi connectivity index (χ4v) is 3.35. The molecule has 1 saturated heterocycles. The van der Waals surface area contributed by atoms with Crippen LogP contribution in [0.2, 0.25) is 0 Å². The summed E-state index contributed by atoms with van der Waals surface area (Å²) in [6.07, 6.45) is -4.81. The quantitative estimate of drug-likeness (QED) is 0.826. The first-order valence-electron chi connectivity index (χ1n) is 8.69. The van der Waals surface area contributed by atoms with E-state index in [9.17, 15) is 18.0 Å². The molecule has 28 heavy (non-hydrogen) atoms. The molecule has 0 radical (unpaired) electrons. The molecule has 0 unspecified atom stereocenters. The van der Waals surface area contributed by atoms with Gasteiger partial charge < -0.3 is 15.0 Å². The molecule has 0 aliphatic carbocycles. The number of aromatic nitrogens is 3. The van der Waals surface area contributed by atoms with Gasteiger partial charge in [0.2, 0.25) is 0 Å². The number of cyclic esters (lactones) is 1. The van der Waals surface area contributed by atoms with E-state index in [1.165, 1.54) is 6.07 Å². The number of alkyl halides is 2. The maximum atomic E-state index is 14.3. The Labute approximate surface area is 158 Å². The largest absolute Gasteiger partial charge is 0.435 e. The molecule has 4 heterocycles. The predicted octanol–water partition coefficient (Wildman–Crippen LogP) is 2.34. The highest BCUT2D eigenvalue weighted by Gasteiger charge is 2.37. The third kappa shape index (κ3) is 3.44. The number of carbonyl (C=O) groups is 1. The molecule has 8 nitrogen and oxygen atoms in total. The molecule has 1 amide bonds. The Hall–Kier alpha value is -2.95. The van der Waals surface area contributed by atoms with E-state index in [0.29, 0.717) is 25.5 Å². The number of nitrogens with zero attached hydrogens (tertiary/aromatic N) is 4. The minimum Gasteiger partial charge on any atom is -0.435 e. The molecule has 0 aromatic carbocycles. The van der Waals surface area contributed by atoms with Crippen molar-refractivity contribution < 1.29 is 22.7 Å². The van der Waals surface area contributed by atoms with Crippen molar-refractivity contribution >= 4 is 17.7 Å². The fourth-order valence-electron chi connectivity index (χ4n) is 3.35. The smallest absolute Gasteiger partial charge is 0.413 e. The molecule has 148 valence electrons. The Bertz CT molecular complexity index is 912. The normalized spacial score (nSPS) is 21.9. The first kappa shape index (κ1) is 18.4. The van der Waals surface area contributed by atoms with Crippen molar-refractivity contribution in [2.24, 2.45) is 0 Å². The Morgan fingerprint density at radius 2 is 2.14 bits per heavy atom. The van der Waals surface area contributed by atoms with E-state index < -0.39 is 24.4 Å². The second-order valence-electron chi connectivity index (χ2n) is 6.60. The summed E-state index contributed by atoms with van der Waals surface area (Å²) < 4.78 is 46.0. The van der Waals surface area contributed by atoms with E-state index >= 15 is 0 Å². The highest BCUT2D eigenvalue weighted by atomic mass is 19.3. The van der Waals surface area contributed by atoms with Crippen molar-refractivity contribution in [1.82, 2.24) is 20.3 Å². The minimum atomic E-state index is -3.00. The molecule has 2 aromatic rings. The van der Waals surface area contributed by atoms with Crippen LogP contribution in [0.25, 0.3) is 11.4 Å². The van der Waals surface area contributed by atoms with Gasteiger partial charge in [0.1, 0.15) is 29.5 Å². The van der Waals surface area contributed by atoms with Crippen molar-refractivity contribution in [2.75, 3.05) is 29.9 Å². The first-order chi connectivity index (χ1) is 13.4. The van der Waals surface area contributed by atoms with Crippen LogP contribution in [0.3, 0.4) is 0 Å². The lowest BCUT2D eigenvalue weighted by Gasteiger charge is -2.33. The maximum Gasteiger partial charge on any atom is 0.413 e. The summed E-state index contributed by atoms with van der Waals surface area (Å²) in [6.45, 7) is 3.96. The van der Waals surface area contributed by atoms with Crippen LogP contribution in [0.5, 0.6) is 0 Å². The SMILES string of the molecule is C[C@H]1CN(c2cc(F)cc(-c3ncnc4c3[C@H](C(F)F)OC(=O)N4)n2)CCN1. The van der Waals surface area contributed by atoms with Crippen LogP contribution in [-0.2, 0) is 4.74 Å². The third-order valence-corrected chi connectivity index (χ3v) is 4.56. The number of anilines is 2. The third-order valence-electron chi connectivity index (χ3n) is 4.56. The van der Waals surface area contributed by atoms with Gasteiger partial charge in [-0.2, -0.15) is 0 Å². The molecule has 0 saturated carbocycles. The van der Waals surface area contributed by atoms with E-state index in [1.54, 1.807) is 0 Å². The molecule has 2 aliphatic heterocycles. The van der Waals surface area contributed by atoms with Gasteiger partial charge in [-0.05, 0) is 6.92 Å². The molecule has 11 heteroatoms. The van der Waals surface area contributed by atoms with Crippen LogP contribution in [0, 0.1) is 5.82 Å². The first-order valence-corrected chi connectivity index (χ1v) is 8.69. The standard InChI is InChI=1S/C17H17F3N6O2/c1-8-6-26(3-2-21-8)11-5-9(18)4-10(24-11)13-12-14(15(19)20)28-17(27)25-16(12)23-7-22-13/h4-5,7-8,14-15,21H,2-3,6H2,1H3,(H,22,23,25,27)/t8-,14+/m0/s1. The predicted molar refractivity (Wildman–Crippen MR) is 93.7 cm³/mol. The van der Waals surface area contributed by atoms with Crippen LogP contribution in [0.1, 0.15) is 18.6 Å². The number of hydrogen-bond donors (Lipinski definition) is 2. The number of ether oxygens (including phenoxy) is 1. The fraction of sp³-hybridized carbons (Fsp3) is 0.412. The summed E-state index contributed by atoms with van der Waals surface area (Å²) in [5.41, 5.74) is -0.0840. The van der Waals surface area contributed by atoms with Crippen molar-refractivity contribution in [2.45, 2.75) is 25.5 Å². The lowest BCUT2D eigenvalue weighted by atomic mass is 10.0. The van der Waals surface area contributed by atoms with E-state index in [1.807, 2.05) is 11.8 Å². The number of pyridine rings is 1. The molecular formula is C17H17F3N6O2. The molecular weight excluding hydrogens is 377 g/mol. The topological polar surface area (TPSA) is 92.3 Å². The molecule has 0 spiro atoms. The number of halogens is 3. The number of carbonyl (C=O) groups excluding carboxylic acids is 1. The van der Waals surface area contributed by atoms with Crippen LogP contribution in [-0.4, -0.2) is 53.1 Å². The lowest BCUT2D eigenvalue weighted by Crippen LogP contribution is -2.49. The van der Waals surface area contributed by atoms with Gasteiger partial charge >= 0.3 is 6.09 Å². The highest BCUT2D eigenvalue weighted by molar-refractivity contribution is 5.88. The molecule has 2 aliphatic rings. The number of hydrogen-bond acceptors (Lipinski definition) is 7. The molecule has 2 aromatic heterocycles. The van der Waals surface area contributed by atoms with E-state index in [2.05, 4.69) is 25.6 Å². The van der Waals surface area contributed by atoms with Gasteiger partial charge in [0.15, 0.2) is 6.10 Å². The molecule has 2 N–H and O–H groups in total. The van der Waals surface area contributed by atoms with E-state index in [-0.39, 0.29) is 28.8 Å². The maximum absolute atomic E-state index is 14.3. The van der Waals surface area contributed by atoms with Crippen LogP contribution < -0.4 is 15.5 Å². The summed E-state index contributed by atoms with van der Waals surface area (Å²) in [5, 5.41) is 5.55. The Morgan fingerprint density at radius 3 is 2.89 bits per heavy atom. The summed E-state index contributed by atoms with van der Waals surface area (Å²) >= 11 is 0. The van der Waals surface area contributed by atoms with Gasteiger partial charge in [-0.25, -0.2) is 32.9 Å². The summed E-state index contributed by atoms with van der Waals surface area (Å²) in [6, 6.07) is 2.59. The Kier molecular flexibility index (Phi) is 4.75. The molecule has 1 fully saturated rings. The zero-order valence-electron chi connectivity index (χ0n) is 14.8. The van der Waals surface area contributed by atoms with Crippen molar-refractivity contribution in [3.8, 4) is 11.4 Å². The monoisotopic (exact) mass is 394 g/mol. The van der Waals surface area contributed by atoms with Crippen molar-refractivity contribution in [3.05, 3.63) is 29.8 Å². The number of rotatable bonds is 3. The van der Waals surface area contributed by atoms with E-state index in [0.717, 1.165) is 12.4 Å². The molecule has 0 bridgehead atoms. The van der Waals surface area contributed by atoms with Crippen molar-refractivity contribution in [3.63, 3.8) is 0 Å². The second-order valence-corrected chi connectivity index (χ2v) is 6.60. The summed E-state index contributed by atoms with van der Waals surface area (Å²) in [5.74, 6) is -0.298. The van der Waals surface area contributed by atoms with Gasteiger partial charge in [-0.1, -0.05) is 0 Å². The average Bonchev–Trinajstić information content (AvgIpc) is 2.66. The summed E-state index contributed by atoms with van der Waals surface area (Å²) in [7, 11) is 0. The average molecular weight is 394 g/mol. The van der Waals surface area contributed by atoms with Gasteiger partial charge in [-0.15, -0.1) is 0 Å². The molecule has 2 atom stereocenters. The van der Waals surface area contributed by atoms with Gasteiger partial charge in [0, 0.05) is 37.8 Å². The Balaban J connectivity index is 1.80. The highest BCUT2D eigenvalue weighted by Crippen LogP contribution is 2.39. The number of nitrogens with one attached hydrogen (secondary N) is 2.